The minimum atomic E-state index is -1.07. The summed E-state index contributed by atoms with van der Waals surface area (Å²) >= 11 is 0. The Hall–Kier alpha value is -2.69. The van der Waals surface area contributed by atoms with Crippen molar-refractivity contribution in [3.05, 3.63) is 64.5 Å². The second-order valence-electron chi connectivity index (χ2n) is 6.07. The molecule has 0 saturated heterocycles. The maximum Gasteiger partial charge on any atom is 0.335 e. The highest BCUT2D eigenvalue weighted by molar-refractivity contribution is 5.96. The predicted octanol–water partition coefficient (Wildman–Crippen LogP) is 2.75. The Morgan fingerprint density at radius 3 is 2.78 bits per heavy atom. The highest BCUT2D eigenvalue weighted by Crippen LogP contribution is 2.36. The lowest BCUT2D eigenvalue weighted by molar-refractivity contribution is 0.0696. The zero-order valence-corrected chi connectivity index (χ0v) is 13.0. The largest absolute Gasteiger partial charge is 0.478 e. The van der Waals surface area contributed by atoms with Crippen molar-refractivity contribution >= 4 is 11.9 Å². The first-order valence-electron chi connectivity index (χ1n) is 7.55. The van der Waals surface area contributed by atoms with Gasteiger partial charge in [0.15, 0.2) is 0 Å². The van der Waals surface area contributed by atoms with Gasteiger partial charge in [-0.25, -0.2) is 4.79 Å². The van der Waals surface area contributed by atoms with Gasteiger partial charge in [0.2, 0.25) is 0 Å². The minimum Gasteiger partial charge on any atom is -0.478 e. The molecule has 3 rings (SSSR count). The summed E-state index contributed by atoms with van der Waals surface area (Å²) < 4.78 is 0. The summed E-state index contributed by atoms with van der Waals surface area (Å²) in [5, 5.41) is 12.0. The van der Waals surface area contributed by atoms with Gasteiger partial charge in [0.05, 0.1) is 11.6 Å². The number of aryl methyl sites for hydroxylation is 1. The summed E-state index contributed by atoms with van der Waals surface area (Å²) in [7, 11) is 0. The number of aromatic carboxylic acids is 1. The number of carbonyl (C=O) groups is 2. The summed E-state index contributed by atoms with van der Waals surface area (Å²) in [4.78, 5) is 27.5. The van der Waals surface area contributed by atoms with Crippen LogP contribution in [0.2, 0.25) is 0 Å². The molecule has 2 atom stereocenters. The summed E-state index contributed by atoms with van der Waals surface area (Å²) in [6.45, 7) is 4.13. The highest BCUT2D eigenvalue weighted by Gasteiger charge is 2.31. The number of carboxylic acids is 1. The molecule has 1 aromatic heterocycles. The molecule has 1 heterocycles. The Bertz CT molecular complexity index is 786. The molecular formula is C18H18N2O3. The fourth-order valence-corrected chi connectivity index (χ4v) is 3.08. The van der Waals surface area contributed by atoms with E-state index >= 15 is 0 Å². The molecule has 2 N–H and O–H groups in total. The van der Waals surface area contributed by atoms with Crippen molar-refractivity contribution < 1.29 is 14.7 Å². The van der Waals surface area contributed by atoms with Gasteiger partial charge in [0.25, 0.3) is 5.91 Å². The maximum atomic E-state index is 12.4. The van der Waals surface area contributed by atoms with Crippen LogP contribution in [0.15, 0.2) is 36.5 Å². The smallest absolute Gasteiger partial charge is 0.335 e. The number of nitrogens with one attached hydrogen (secondary N) is 1. The molecule has 0 aliphatic heterocycles. The van der Waals surface area contributed by atoms with E-state index < -0.39 is 5.97 Å². The van der Waals surface area contributed by atoms with E-state index in [4.69, 9.17) is 5.11 Å². The second-order valence-corrected chi connectivity index (χ2v) is 6.07. The van der Waals surface area contributed by atoms with E-state index in [2.05, 4.69) is 35.4 Å². The van der Waals surface area contributed by atoms with Crippen LogP contribution in [-0.2, 0) is 6.42 Å². The molecule has 1 aliphatic rings. The first-order valence-corrected chi connectivity index (χ1v) is 7.55. The fraction of sp³-hybridized carbons (Fsp3) is 0.278. The van der Waals surface area contributed by atoms with Crippen molar-refractivity contribution in [1.29, 1.82) is 0 Å². The topological polar surface area (TPSA) is 79.3 Å². The summed E-state index contributed by atoms with van der Waals surface area (Å²) in [5.41, 5.74) is 3.73. The number of fused-ring (bicyclic) bond motifs is 1. The van der Waals surface area contributed by atoms with Crippen LogP contribution in [0.1, 0.15) is 50.5 Å². The molecule has 1 amide bonds. The van der Waals surface area contributed by atoms with E-state index in [0.29, 0.717) is 5.92 Å². The van der Waals surface area contributed by atoms with E-state index in [9.17, 15) is 9.59 Å². The molecule has 0 spiro atoms. The van der Waals surface area contributed by atoms with Gasteiger partial charge in [-0.1, -0.05) is 30.7 Å². The average Bonchev–Trinajstić information content (AvgIpc) is 2.83. The third kappa shape index (κ3) is 2.95. The number of aromatic nitrogens is 1. The number of pyridine rings is 1. The Balaban J connectivity index is 1.85. The molecule has 2 unspecified atom stereocenters. The van der Waals surface area contributed by atoms with Gasteiger partial charge in [-0.2, -0.15) is 0 Å². The molecule has 0 saturated carbocycles. The lowest BCUT2D eigenvalue weighted by Gasteiger charge is -2.19. The van der Waals surface area contributed by atoms with Crippen LogP contribution < -0.4 is 5.32 Å². The standard InChI is InChI=1S/C18H18N2O3/c1-10-3-4-12-8-11(2)16(14(12)7-10)20-17(21)15-9-13(18(22)23)5-6-19-15/h3-7,9,11,16H,8H2,1-2H3,(H,20,21)(H,22,23). The zero-order chi connectivity index (χ0) is 16.6. The fourth-order valence-electron chi connectivity index (χ4n) is 3.08. The van der Waals surface area contributed by atoms with Crippen LogP contribution in [0.3, 0.4) is 0 Å². The number of carbonyl (C=O) groups excluding carboxylic acids is 1. The first kappa shape index (κ1) is 15.2. The third-order valence-corrected chi connectivity index (χ3v) is 4.27. The van der Waals surface area contributed by atoms with Gasteiger partial charge in [-0.3, -0.25) is 9.78 Å². The van der Waals surface area contributed by atoms with Crippen LogP contribution in [0.4, 0.5) is 0 Å². The molecule has 1 aliphatic carbocycles. The second kappa shape index (κ2) is 5.83. The summed E-state index contributed by atoms with van der Waals surface area (Å²) in [6, 6.07) is 8.88. The van der Waals surface area contributed by atoms with Crippen molar-refractivity contribution in [2.75, 3.05) is 0 Å². The zero-order valence-electron chi connectivity index (χ0n) is 13.0. The lowest BCUT2D eigenvalue weighted by atomic mass is 10.0. The number of amides is 1. The van der Waals surface area contributed by atoms with Gasteiger partial charge in [0.1, 0.15) is 5.69 Å². The lowest BCUT2D eigenvalue weighted by Crippen LogP contribution is -2.31. The Morgan fingerprint density at radius 2 is 2.04 bits per heavy atom. The van der Waals surface area contributed by atoms with Gasteiger partial charge >= 0.3 is 5.97 Å². The van der Waals surface area contributed by atoms with Gasteiger partial charge in [-0.05, 0) is 42.5 Å². The number of benzene rings is 1. The normalized spacial score (nSPS) is 19.2. The van der Waals surface area contributed by atoms with Crippen molar-refractivity contribution in [2.24, 2.45) is 5.92 Å². The Labute approximate surface area is 134 Å². The van der Waals surface area contributed by atoms with E-state index in [1.165, 1.54) is 23.9 Å². The minimum absolute atomic E-state index is 0.0564. The number of carboxylic acid groups (broad SMARTS) is 1. The number of hydrogen-bond acceptors (Lipinski definition) is 3. The number of rotatable bonds is 3. The molecule has 118 valence electrons. The van der Waals surface area contributed by atoms with Gasteiger partial charge in [0, 0.05) is 6.20 Å². The summed E-state index contributed by atoms with van der Waals surface area (Å²) in [5.74, 6) is -1.13. The van der Waals surface area contributed by atoms with Crippen LogP contribution in [0, 0.1) is 12.8 Å². The van der Waals surface area contributed by atoms with E-state index in [1.54, 1.807) is 0 Å². The number of hydrogen-bond donors (Lipinski definition) is 2. The van der Waals surface area contributed by atoms with Crippen molar-refractivity contribution in [3.63, 3.8) is 0 Å². The van der Waals surface area contributed by atoms with Crippen molar-refractivity contribution in [3.8, 4) is 0 Å². The third-order valence-electron chi connectivity index (χ3n) is 4.27. The predicted molar refractivity (Wildman–Crippen MR) is 85.5 cm³/mol. The Morgan fingerprint density at radius 1 is 1.26 bits per heavy atom. The molecule has 0 radical (unpaired) electrons. The monoisotopic (exact) mass is 310 g/mol. The van der Waals surface area contributed by atoms with Crippen LogP contribution in [-0.4, -0.2) is 22.0 Å². The molecule has 0 bridgehead atoms. The van der Waals surface area contributed by atoms with Gasteiger partial charge < -0.3 is 10.4 Å². The van der Waals surface area contributed by atoms with Crippen LogP contribution >= 0.6 is 0 Å². The quantitative estimate of drug-likeness (QED) is 0.913. The maximum absolute atomic E-state index is 12.4. The first-order chi connectivity index (χ1) is 11.0. The van der Waals surface area contributed by atoms with Crippen molar-refractivity contribution in [1.82, 2.24) is 10.3 Å². The molecule has 5 heteroatoms. The number of nitrogens with zero attached hydrogens (tertiary/aromatic N) is 1. The molecular weight excluding hydrogens is 292 g/mol. The highest BCUT2D eigenvalue weighted by atomic mass is 16.4. The Kier molecular flexibility index (Phi) is 3.86. The van der Waals surface area contributed by atoms with Crippen LogP contribution in [0.25, 0.3) is 0 Å². The van der Waals surface area contributed by atoms with Crippen molar-refractivity contribution in [2.45, 2.75) is 26.3 Å². The summed E-state index contributed by atoms with van der Waals surface area (Å²) in [6.07, 6.45) is 2.26. The van der Waals surface area contributed by atoms with E-state index in [1.807, 2.05) is 6.92 Å². The van der Waals surface area contributed by atoms with E-state index in [-0.39, 0.29) is 23.2 Å². The molecule has 1 aromatic carbocycles. The van der Waals surface area contributed by atoms with Crippen LogP contribution in [0.5, 0.6) is 0 Å². The van der Waals surface area contributed by atoms with Gasteiger partial charge in [-0.15, -0.1) is 0 Å². The average molecular weight is 310 g/mol. The van der Waals surface area contributed by atoms with E-state index in [0.717, 1.165) is 17.5 Å². The molecule has 2 aromatic rings. The molecule has 0 fully saturated rings. The SMILES string of the molecule is Cc1ccc2c(c1)C(NC(=O)c1cc(C(=O)O)ccn1)C(C)C2. The molecule has 23 heavy (non-hydrogen) atoms. The molecule has 5 nitrogen and oxygen atoms in total.